The van der Waals surface area contributed by atoms with Crippen LogP contribution in [-0.2, 0) is 16.1 Å². The van der Waals surface area contributed by atoms with Gasteiger partial charge in [-0.05, 0) is 43.4 Å². The molecule has 2 aromatic rings. The SMILES string of the molecule is C=CC(=O)N(Cc1cc2ccccc2s1)C1CCOC(C)C1. The standard InChI is InChI=1S/C18H21NO2S/c1-3-18(20)19(15-8-9-21-13(2)10-15)12-16-11-14-6-4-5-7-17(14)22-16/h3-7,11,13,15H,1,8-10,12H2,2H3. The van der Waals surface area contributed by atoms with Gasteiger partial charge in [-0.1, -0.05) is 24.8 Å². The molecule has 0 N–H and O–H groups in total. The van der Waals surface area contributed by atoms with Crippen LogP contribution in [0.5, 0.6) is 0 Å². The van der Waals surface area contributed by atoms with Crippen LogP contribution in [0.1, 0.15) is 24.6 Å². The third-order valence-corrected chi connectivity index (χ3v) is 5.26. The van der Waals surface area contributed by atoms with Gasteiger partial charge in [0.25, 0.3) is 0 Å². The predicted octanol–water partition coefficient (Wildman–Crippen LogP) is 3.98. The summed E-state index contributed by atoms with van der Waals surface area (Å²) in [5, 5.41) is 1.24. The van der Waals surface area contributed by atoms with Gasteiger partial charge >= 0.3 is 0 Å². The van der Waals surface area contributed by atoms with Crippen LogP contribution in [0.2, 0.25) is 0 Å². The van der Waals surface area contributed by atoms with Crippen molar-refractivity contribution in [2.24, 2.45) is 0 Å². The Hall–Kier alpha value is -1.65. The van der Waals surface area contributed by atoms with Gasteiger partial charge in [-0.25, -0.2) is 0 Å². The molecule has 2 heterocycles. The van der Waals surface area contributed by atoms with Gasteiger partial charge in [0.2, 0.25) is 5.91 Å². The Morgan fingerprint density at radius 1 is 1.50 bits per heavy atom. The van der Waals surface area contributed by atoms with E-state index in [1.54, 1.807) is 11.3 Å². The molecule has 22 heavy (non-hydrogen) atoms. The molecule has 1 fully saturated rings. The molecule has 1 amide bonds. The summed E-state index contributed by atoms with van der Waals surface area (Å²) in [5.74, 6) is 0.0107. The number of fused-ring (bicyclic) bond motifs is 1. The second-order valence-corrected chi connectivity index (χ2v) is 6.95. The summed E-state index contributed by atoms with van der Waals surface area (Å²) in [4.78, 5) is 15.5. The van der Waals surface area contributed by atoms with Gasteiger partial charge in [-0.3, -0.25) is 4.79 Å². The van der Waals surface area contributed by atoms with Crippen LogP contribution in [-0.4, -0.2) is 29.6 Å². The highest BCUT2D eigenvalue weighted by Crippen LogP contribution is 2.28. The molecule has 0 radical (unpaired) electrons. The van der Waals surface area contributed by atoms with E-state index in [0.29, 0.717) is 6.54 Å². The summed E-state index contributed by atoms with van der Waals surface area (Å²) in [7, 11) is 0. The molecule has 1 aliphatic heterocycles. The molecule has 3 rings (SSSR count). The summed E-state index contributed by atoms with van der Waals surface area (Å²) in [6, 6.07) is 10.8. The van der Waals surface area contributed by atoms with Gasteiger partial charge in [-0.15, -0.1) is 11.3 Å². The van der Waals surface area contributed by atoms with E-state index >= 15 is 0 Å². The van der Waals surface area contributed by atoms with Crippen LogP contribution in [0, 0.1) is 0 Å². The van der Waals surface area contributed by atoms with E-state index in [4.69, 9.17) is 4.74 Å². The fraction of sp³-hybridized carbons (Fsp3) is 0.389. The third kappa shape index (κ3) is 3.23. The summed E-state index contributed by atoms with van der Waals surface area (Å²) in [6.07, 6.45) is 3.42. The van der Waals surface area contributed by atoms with Gasteiger partial charge in [-0.2, -0.15) is 0 Å². The zero-order valence-corrected chi connectivity index (χ0v) is 13.6. The van der Waals surface area contributed by atoms with Crippen molar-refractivity contribution >= 4 is 27.3 Å². The molecule has 0 saturated carbocycles. The van der Waals surface area contributed by atoms with Crippen molar-refractivity contribution < 1.29 is 9.53 Å². The van der Waals surface area contributed by atoms with Crippen LogP contribution in [0.15, 0.2) is 43.0 Å². The van der Waals surface area contributed by atoms with Crippen LogP contribution >= 0.6 is 11.3 Å². The van der Waals surface area contributed by atoms with Crippen LogP contribution in [0.4, 0.5) is 0 Å². The molecule has 1 aliphatic rings. The van der Waals surface area contributed by atoms with E-state index in [0.717, 1.165) is 19.4 Å². The Kier molecular flexibility index (Phi) is 4.60. The van der Waals surface area contributed by atoms with E-state index in [2.05, 4.69) is 37.8 Å². The van der Waals surface area contributed by atoms with E-state index in [9.17, 15) is 4.79 Å². The molecule has 1 aromatic carbocycles. The molecule has 0 spiro atoms. The molecule has 4 heteroatoms. The topological polar surface area (TPSA) is 29.5 Å². The number of benzene rings is 1. The first-order valence-electron chi connectivity index (χ1n) is 7.69. The number of hydrogen-bond acceptors (Lipinski definition) is 3. The molecule has 1 aromatic heterocycles. The predicted molar refractivity (Wildman–Crippen MR) is 91.0 cm³/mol. The zero-order chi connectivity index (χ0) is 15.5. The minimum absolute atomic E-state index is 0.0107. The van der Waals surface area contributed by atoms with E-state index < -0.39 is 0 Å². The minimum atomic E-state index is 0.0107. The van der Waals surface area contributed by atoms with Gasteiger partial charge in [0.15, 0.2) is 0 Å². The Morgan fingerprint density at radius 3 is 3.05 bits per heavy atom. The van der Waals surface area contributed by atoms with Crippen molar-refractivity contribution in [1.82, 2.24) is 4.90 Å². The molecule has 3 nitrogen and oxygen atoms in total. The number of hydrogen-bond donors (Lipinski definition) is 0. The lowest BCUT2D eigenvalue weighted by molar-refractivity contribution is -0.132. The second-order valence-electron chi connectivity index (χ2n) is 5.78. The molecule has 0 bridgehead atoms. The zero-order valence-electron chi connectivity index (χ0n) is 12.8. The Morgan fingerprint density at radius 2 is 2.32 bits per heavy atom. The lowest BCUT2D eigenvalue weighted by atomic mass is 10.0. The first-order chi connectivity index (χ1) is 10.7. The van der Waals surface area contributed by atoms with Gasteiger partial charge in [0.05, 0.1) is 12.6 Å². The maximum Gasteiger partial charge on any atom is 0.246 e. The third-order valence-electron chi connectivity index (χ3n) is 4.16. The maximum absolute atomic E-state index is 12.3. The Bertz CT molecular complexity index is 646. The molecule has 116 valence electrons. The number of ether oxygens (including phenoxy) is 1. The fourth-order valence-electron chi connectivity index (χ4n) is 3.04. The highest BCUT2D eigenvalue weighted by Gasteiger charge is 2.27. The molecule has 2 atom stereocenters. The van der Waals surface area contributed by atoms with Crippen molar-refractivity contribution in [3.8, 4) is 0 Å². The van der Waals surface area contributed by atoms with Crippen molar-refractivity contribution in [1.29, 1.82) is 0 Å². The molecule has 0 aliphatic carbocycles. The highest BCUT2D eigenvalue weighted by molar-refractivity contribution is 7.19. The van der Waals surface area contributed by atoms with Crippen LogP contribution < -0.4 is 0 Å². The Balaban J connectivity index is 1.82. The molecular weight excluding hydrogens is 294 g/mol. The first-order valence-corrected chi connectivity index (χ1v) is 8.51. The van der Waals surface area contributed by atoms with E-state index in [-0.39, 0.29) is 18.1 Å². The number of amides is 1. The van der Waals surface area contributed by atoms with Crippen molar-refractivity contribution in [2.45, 2.75) is 38.5 Å². The average Bonchev–Trinajstić information content (AvgIpc) is 2.94. The number of carbonyl (C=O) groups excluding carboxylic acids is 1. The van der Waals surface area contributed by atoms with Crippen LogP contribution in [0.3, 0.4) is 0 Å². The van der Waals surface area contributed by atoms with E-state index in [1.807, 2.05) is 11.0 Å². The first kappa shape index (κ1) is 15.3. The second kappa shape index (κ2) is 6.63. The largest absolute Gasteiger partial charge is 0.378 e. The average molecular weight is 315 g/mol. The maximum atomic E-state index is 12.3. The Labute approximate surface area is 135 Å². The summed E-state index contributed by atoms with van der Waals surface area (Å²) in [6.45, 7) is 7.11. The van der Waals surface area contributed by atoms with Crippen molar-refractivity contribution in [2.75, 3.05) is 6.61 Å². The fourth-order valence-corrected chi connectivity index (χ4v) is 4.11. The number of carbonyl (C=O) groups is 1. The van der Waals surface area contributed by atoms with Gasteiger partial charge in [0.1, 0.15) is 0 Å². The summed E-state index contributed by atoms with van der Waals surface area (Å²) >= 11 is 1.76. The van der Waals surface area contributed by atoms with Gasteiger partial charge in [0, 0.05) is 22.2 Å². The quantitative estimate of drug-likeness (QED) is 0.799. The number of nitrogens with zero attached hydrogens (tertiary/aromatic N) is 1. The van der Waals surface area contributed by atoms with Crippen LogP contribution in [0.25, 0.3) is 10.1 Å². The summed E-state index contributed by atoms with van der Waals surface area (Å²) in [5.41, 5.74) is 0. The van der Waals surface area contributed by atoms with Crippen molar-refractivity contribution in [3.63, 3.8) is 0 Å². The number of thiophene rings is 1. The lowest BCUT2D eigenvalue weighted by Gasteiger charge is -2.36. The lowest BCUT2D eigenvalue weighted by Crippen LogP contribution is -2.43. The monoisotopic (exact) mass is 315 g/mol. The number of rotatable bonds is 4. The molecule has 1 saturated heterocycles. The van der Waals surface area contributed by atoms with E-state index in [1.165, 1.54) is 21.0 Å². The van der Waals surface area contributed by atoms with Gasteiger partial charge < -0.3 is 9.64 Å². The highest BCUT2D eigenvalue weighted by atomic mass is 32.1. The minimum Gasteiger partial charge on any atom is -0.378 e. The molecular formula is C18H21NO2S. The van der Waals surface area contributed by atoms with Crippen molar-refractivity contribution in [3.05, 3.63) is 47.9 Å². The molecule has 2 unspecified atom stereocenters. The summed E-state index contributed by atoms with van der Waals surface area (Å²) < 4.78 is 6.88. The smallest absolute Gasteiger partial charge is 0.246 e. The normalized spacial score (nSPS) is 21.7.